The van der Waals surface area contributed by atoms with Crippen molar-refractivity contribution in [2.24, 2.45) is 16.3 Å². The second-order valence-corrected chi connectivity index (χ2v) is 5.65. The molecule has 0 aromatic heterocycles. The average molecular weight is 243 g/mol. The highest BCUT2D eigenvalue weighted by Gasteiger charge is 2.54. The number of carbonyl (C=O) groups excluding carboxylic acids is 1. The van der Waals surface area contributed by atoms with E-state index < -0.39 is 5.41 Å². The molecule has 2 aliphatic rings. The van der Waals surface area contributed by atoms with Crippen LogP contribution in [0, 0.1) is 5.41 Å². The van der Waals surface area contributed by atoms with Crippen LogP contribution in [0.3, 0.4) is 0 Å². The molecule has 1 heterocycles. The fourth-order valence-corrected chi connectivity index (χ4v) is 3.09. The number of amidine groups is 1. The molecule has 0 unspecified atom stereocenters. The van der Waals surface area contributed by atoms with Gasteiger partial charge in [0.25, 0.3) is 0 Å². The number of thioether (sulfide) groups is 1. The number of nitrogens with two attached hydrogens (primary N) is 1. The van der Waals surface area contributed by atoms with Gasteiger partial charge in [-0.2, -0.15) is 11.8 Å². The van der Waals surface area contributed by atoms with Gasteiger partial charge in [-0.3, -0.25) is 4.79 Å². The number of carbonyl (C=O) groups is 1. The Morgan fingerprint density at radius 3 is 2.56 bits per heavy atom. The summed E-state index contributed by atoms with van der Waals surface area (Å²) in [4.78, 5) is 12.0. The summed E-state index contributed by atoms with van der Waals surface area (Å²) < 4.78 is 0. The van der Waals surface area contributed by atoms with Crippen LogP contribution in [-0.2, 0) is 4.79 Å². The van der Waals surface area contributed by atoms with Gasteiger partial charge in [-0.15, -0.1) is 0 Å². The van der Waals surface area contributed by atoms with Gasteiger partial charge in [0.2, 0.25) is 5.91 Å². The first-order valence-corrected chi connectivity index (χ1v) is 6.71. The first-order chi connectivity index (χ1) is 7.69. The molecule has 1 saturated carbocycles. The molecule has 0 aromatic carbocycles. The maximum absolute atomic E-state index is 12.0. The third-order valence-electron chi connectivity index (χ3n) is 3.34. The van der Waals surface area contributed by atoms with Crippen LogP contribution in [0.2, 0.25) is 0 Å². The molecule has 1 aliphatic heterocycles. The number of nitrogens with one attached hydrogen (secondary N) is 1. The standard InChI is InChI=1S/C10H17N3O2S/c11-8(13-15)10(3-4-10)9(14)12-7-1-5-16-6-2-7/h7,15H,1-6H2,(H2,11,13)(H,12,14). The molecule has 90 valence electrons. The van der Waals surface area contributed by atoms with Crippen molar-refractivity contribution < 1.29 is 10.0 Å². The minimum Gasteiger partial charge on any atom is -0.409 e. The van der Waals surface area contributed by atoms with E-state index in [2.05, 4.69) is 10.5 Å². The normalized spacial score (nSPS) is 25.1. The summed E-state index contributed by atoms with van der Waals surface area (Å²) in [6.07, 6.45) is 3.41. The van der Waals surface area contributed by atoms with Gasteiger partial charge in [0.1, 0.15) is 5.41 Å². The largest absolute Gasteiger partial charge is 0.409 e. The van der Waals surface area contributed by atoms with Gasteiger partial charge >= 0.3 is 0 Å². The fraction of sp³-hybridized carbons (Fsp3) is 0.800. The summed E-state index contributed by atoms with van der Waals surface area (Å²) in [6, 6.07) is 0.262. The predicted octanol–water partition coefficient (Wildman–Crippen LogP) is 0.525. The van der Waals surface area contributed by atoms with E-state index in [9.17, 15) is 4.79 Å². The first kappa shape index (κ1) is 11.6. The quantitative estimate of drug-likeness (QED) is 0.292. The van der Waals surface area contributed by atoms with Crippen molar-refractivity contribution in [3.8, 4) is 0 Å². The molecule has 0 aromatic rings. The molecule has 0 spiro atoms. The van der Waals surface area contributed by atoms with Crippen molar-refractivity contribution in [1.29, 1.82) is 0 Å². The van der Waals surface area contributed by atoms with Crippen LogP contribution in [-0.4, -0.2) is 34.5 Å². The zero-order valence-electron chi connectivity index (χ0n) is 9.11. The molecule has 2 rings (SSSR count). The van der Waals surface area contributed by atoms with Crippen molar-refractivity contribution in [3.05, 3.63) is 0 Å². The van der Waals surface area contributed by atoms with Crippen LogP contribution in [0.25, 0.3) is 0 Å². The summed E-state index contributed by atoms with van der Waals surface area (Å²) in [5.41, 5.74) is 4.85. The van der Waals surface area contributed by atoms with Crippen LogP contribution >= 0.6 is 11.8 Å². The Kier molecular flexibility index (Phi) is 3.28. The molecular weight excluding hydrogens is 226 g/mol. The van der Waals surface area contributed by atoms with Gasteiger partial charge in [-0.1, -0.05) is 5.16 Å². The van der Waals surface area contributed by atoms with E-state index >= 15 is 0 Å². The zero-order chi connectivity index (χ0) is 11.6. The van der Waals surface area contributed by atoms with E-state index in [0.29, 0.717) is 12.8 Å². The van der Waals surface area contributed by atoms with Crippen molar-refractivity contribution in [2.45, 2.75) is 31.7 Å². The fourth-order valence-electron chi connectivity index (χ4n) is 1.99. The van der Waals surface area contributed by atoms with Crippen molar-refractivity contribution in [3.63, 3.8) is 0 Å². The lowest BCUT2D eigenvalue weighted by atomic mass is 10.0. The zero-order valence-corrected chi connectivity index (χ0v) is 9.92. The Labute approximate surface area is 98.8 Å². The highest BCUT2D eigenvalue weighted by atomic mass is 32.2. The van der Waals surface area contributed by atoms with Crippen molar-refractivity contribution in [2.75, 3.05) is 11.5 Å². The minimum absolute atomic E-state index is 0.0511. The second-order valence-electron chi connectivity index (χ2n) is 4.43. The molecule has 1 amide bonds. The molecule has 1 aliphatic carbocycles. The molecule has 0 radical (unpaired) electrons. The topological polar surface area (TPSA) is 87.7 Å². The lowest BCUT2D eigenvalue weighted by molar-refractivity contribution is -0.124. The van der Waals surface area contributed by atoms with Gasteiger partial charge in [0.05, 0.1) is 0 Å². The van der Waals surface area contributed by atoms with Crippen LogP contribution in [0.1, 0.15) is 25.7 Å². The highest BCUT2D eigenvalue weighted by molar-refractivity contribution is 7.99. The Bertz CT molecular complexity index is 309. The minimum atomic E-state index is -0.709. The lowest BCUT2D eigenvalue weighted by Gasteiger charge is -2.24. The van der Waals surface area contributed by atoms with Crippen LogP contribution in [0.4, 0.5) is 0 Å². The van der Waals surface area contributed by atoms with E-state index in [1.165, 1.54) is 0 Å². The van der Waals surface area contributed by atoms with Crippen molar-refractivity contribution >= 4 is 23.5 Å². The number of hydrogen-bond acceptors (Lipinski definition) is 4. The number of nitrogens with zero attached hydrogens (tertiary/aromatic N) is 1. The monoisotopic (exact) mass is 243 g/mol. The summed E-state index contributed by atoms with van der Waals surface area (Å²) in [5, 5.41) is 14.6. The third kappa shape index (κ3) is 2.11. The summed E-state index contributed by atoms with van der Waals surface area (Å²) in [5.74, 6) is 2.18. The van der Waals surface area contributed by atoms with Gasteiger partial charge in [0.15, 0.2) is 5.84 Å². The molecule has 6 heteroatoms. The van der Waals surface area contributed by atoms with Crippen LogP contribution in [0.15, 0.2) is 5.16 Å². The third-order valence-corrected chi connectivity index (χ3v) is 4.39. The van der Waals surface area contributed by atoms with E-state index in [-0.39, 0.29) is 17.8 Å². The number of rotatable bonds is 3. The molecule has 1 saturated heterocycles. The number of hydrogen-bond donors (Lipinski definition) is 3. The summed E-state index contributed by atoms with van der Waals surface area (Å²) >= 11 is 1.92. The molecule has 2 fully saturated rings. The Balaban J connectivity index is 1.92. The Hall–Kier alpha value is -0.910. The van der Waals surface area contributed by atoms with Crippen molar-refractivity contribution in [1.82, 2.24) is 5.32 Å². The first-order valence-electron chi connectivity index (χ1n) is 5.56. The molecule has 4 N–H and O–H groups in total. The van der Waals surface area contributed by atoms with Gasteiger partial charge in [-0.05, 0) is 37.2 Å². The van der Waals surface area contributed by atoms with E-state index in [4.69, 9.17) is 10.9 Å². The molecule has 5 nitrogen and oxygen atoms in total. The van der Waals surface area contributed by atoms with Gasteiger partial charge in [0, 0.05) is 6.04 Å². The van der Waals surface area contributed by atoms with E-state index in [1.807, 2.05) is 11.8 Å². The smallest absolute Gasteiger partial charge is 0.234 e. The van der Waals surface area contributed by atoms with Gasteiger partial charge < -0.3 is 16.3 Å². The Morgan fingerprint density at radius 1 is 1.44 bits per heavy atom. The van der Waals surface area contributed by atoms with Gasteiger partial charge in [-0.25, -0.2) is 0 Å². The molecule has 0 atom stereocenters. The van der Waals surface area contributed by atoms with E-state index in [1.54, 1.807) is 0 Å². The van der Waals surface area contributed by atoms with Crippen LogP contribution in [0.5, 0.6) is 0 Å². The SMILES string of the molecule is NC(=NO)C1(C(=O)NC2CCSCC2)CC1. The van der Waals surface area contributed by atoms with E-state index in [0.717, 1.165) is 24.3 Å². The second kappa shape index (κ2) is 4.53. The highest BCUT2D eigenvalue weighted by Crippen LogP contribution is 2.46. The summed E-state index contributed by atoms with van der Waals surface area (Å²) in [6.45, 7) is 0. The Morgan fingerprint density at radius 2 is 2.06 bits per heavy atom. The lowest BCUT2D eigenvalue weighted by Crippen LogP contribution is -2.46. The van der Waals surface area contributed by atoms with Crippen LogP contribution < -0.4 is 11.1 Å². The maximum Gasteiger partial charge on any atom is 0.234 e. The molecular formula is C10H17N3O2S. The number of oxime groups is 1. The summed E-state index contributed by atoms with van der Waals surface area (Å²) in [7, 11) is 0. The maximum atomic E-state index is 12.0. The average Bonchev–Trinajstić information content (AvgIpc) is 3.10. The number of amides is 1. The molecule has 16 heavy (non-hydrogen) atoms. The predicted molar refractivity (Wildman–Crippen MR) is 63.6 cm³/mol. The molecule has 0 bridgehead atoms.